The molecule has 6 heteroatoms. The molecular formula is C13H16N4O2. The summed E-state index contributed by atoms with van der Waals surface area (Å²) in [6.45, 7) is 2.91. The van der Waals surface area contributed by atoms with Crippen LogP contribution in [-0.2, 0) is 0 Å². The summed E-state index contributed by atoms with van der Waals surface area (Å²) in [5, 5.41) is 26.2. The van der Waals surface area contributed by atoms with Gasteiger partial charge in [-0.2, -0.15) is 5.26 Å². The fourth-order valence-corrected chi connectivity index (χ4v) is 2.24. The van der Waals surface area contributed by atoms with Crippen LogP contribution in [0.3, 0.4) is 0 Å². The SMILES string of the molecule is N#Cc1cc(NCC2CCNCC2)ccc1[N+](=O)[O-]. The molecule has 0 saturated carbocycles. The maximum absolute atomic E-state index is 10.7. The van der Waals surface area contributed by atoms with E-state index < -0.39 is 4.92 Å². The highest BCUT2D eigenvalue weighted by atomic mass is 16.6. The van der Waals surface area contributed by atoms with Crippen molar-refractivity contribution in [3.05, 3.63) is 33.9 Å². The van der Waals surface area contributed by atoms with Crippen molar-refractivity contribution in [2.24, 2.45) is 5.92 Å². The third kappa shape index (κ3) is 3.42. The highest BCUT2D eigenvalue weighted by Crippen LogP contribution is 2.22. The molecule has 19 heavy (non-hydrogen) atoms. The second-order valence-electron chi connectivity index (χ2n) is 4.68. The number of hydrogen-bond donors (Lipinski definition) is 2. The first kappa shape index (κ1) is 13.3. The van der Waals surface area contributed by atoms with Crippen LogP contribution in [-0.4, -0.2) is 24.6 Å². The van der Waals surface area contributed by atoms with Crippen LogP contribution in [0.2, 0.25) is 0 Å². The monoisotopic (exact) mass is 260 g/mol. The summed E-state index contributed by atoms with van der Waals surface area (Å²) in [7, 11) is 0. The summed E-state index contributed by atoms with van der Waals surface area (Å²) in [5.41, 5.74) is 0.718. The van der Waals surface area contributed by atoms with Gasteiger partial charge in [-0.3, -0.25) is 10.1 Å². The van der Waals surface area contributed by atoms with E-state index in [-0.39, 0.29) is 11.3 Å². The third-order valence-corrected chi connectivity index (χ3v) is 3.37. The number of nitriles is 1. The Morgan fingerprint density at radius 2 is 2.21 bits per heavy atom. The van der Waals surface area contributed by atoms with E-state index >= 15 is 0 Å². The zero-order chi connectivity index (χ0) is 13.7. The molecule has 1 heterocycles. The van der Waals surface area contributed by atoms with Gasteiger partial charge in [-0.15, -0.1) is 0 Å². The van der Waals surface area contributed by atoms with Crippen molar-refractivity contribution in [3.63, 3.8) is 0 Å². The zero-order valence-electron chi connectivity index (χ0n) is 10.6. The number of rotatable bonds is 4. The average Bonchev–Trinajstić information content (AvgIpc) is 2.45. The van der Waals surface area contributed by atoms with Gasteiger partial charge in [0.1, 0.15) is 11.6 Å². The summed E-state index contributed by atoms with van der Waals surface area (Å²) in [4.78, 5) is 10.2. The average molecular weight is 260 g/mol. The van der Waals surface area contributed by atoms with Crippen molar-refractivity contribution in [2.45, 2.75) is 12.8 Å². The molecule has 0 unspecified atom stereocenters. The van der Waals surface area contributed by atoms with Gasteiger partial charge in [-0.25, -0.2) is 0 Å². The van der Waals surface area contributed by atoms with E-state index in [0.717, 1.165) is 38.2 Å². The molecule has 0 amide bonds. The van der Waals surface area contributed by atoms with Crippen molar-refractivity contribution >= 4 is 11.4 Å². The molecule has 1 aliphatic rings. The smallest absolute Gasteiger partial charge is 0.287 e. The molecule has 0 aromatic heterocycles. The van der Waals surface area contributed by atoms with Crippen LogP contribution in [0.1, 0.15) is 18.4 Å². The Balaban J connectivity index is 2.01. The first-order chi connectivity index (χ1) is 9.20. The minimum absolute atomic E-state index is 0.0975. The molecule has 1 aromatic carbocycles. The molecule has 100 valence electrons. The molecule has 2 N–H and O–H groups in total. The Morgan fingerprint density at radius 3 is 2.84 bits per heavy atom. The number of anilines is 1. The number of nitro groups is 1. The molecule has 1 aliphatic heterocycles. The minimum Gasteiger partial charge on any atom is -0.385 e. The normalized spacial score (nSPS) is 15.7. The lowest BCUT2D eigenvalue weighted by Gasteiger charge is -2.23. The van der Waals surface area contributed by atoms with E-state index in [2.05, 4.69) is 10.6 Å². The van der Waals surface area contributed by atoms with Crippen LogP contribution in [0.4, 0.5) is 11.4 Å². The van der Waals surface area contributed by atoms with Crippen LogP contribution < -0.4 is 10.6 Å². The largest absolute Gasteiger partial charge is 0.385 e. The molecular weight excluding hydrogens is 244 g/mol. The fourth-order valence-electron chi connectivity index (χ4n) is 2.24. The number of benzene rings is 1. The molecule has 1 saturated heterocycles. The summed E-state index contributed by atoms with van der Waals surface area (Å²) < 4.78 is 0. The Kier molecular flexibility index (Phi) is 4.31. The van der Waals surface area contributed by atoms with Crippen molar-refractivity contribution in [1.29, 1.82) is 5.26 Å². The molecule has 0 radical (unpaired) electrons. The molecule has 0 bridgehead atoms. The van der Waals surface area contributed by atoms with E-state index in [4.69, 9.17) is 5.26 Å². The van der Waals surface area contributed by atoms with Gasteiger partial charge in [-0.05, 0) is 44.0 Å². The lowest BCUT2D eigenvalue weighted by molar-refractivity contribution is -0.385. The van der Waals surface area contributed by atoms with Gasteiger partial charge in [0.05, 0.1) is 4.92 Å². The Bertz CT molecular complexity index is 504. The Labute approximate surface area is 111 Å². The van der Waals surface area contributed by atoms with E-state index in [9.17, 15) is 10.1 Å². The lowest BCUT2D eigenvalue weighted by Crippen LogP contribution is -2.31. The second-order valence-corrected chi connectivity index (χ2v) is 4.68. The summed E-state index contributed by atoms with van der Waals surface area (Å²) in [6.07, 6.45) is 2.26. The van der Waals surface area contributed by atoms with Crippen LogP contribution in [0, 0.1) is 27.4 Å². The molecule has 0 spiro atoms. The summed E-state index contributed by atoms with van der Waals surface area (Å²) >= 11 is 0. The van der Waals surface area contributed by atoms with Gasteiger partial charge in [-0.1, -0.05) is 0 Å². The lowest BCUT2D eigenvalue weighted by atomic mass is 9.98. The first-order valence-electron chi connectivity index (χ1n) is 6.34. The van der Waals surface area contributed by atoms with Crippen molar-refractivity contribution in [2.75, 3.05) is 25.0 Å². The molecule has 1 aromatic rings. The molecule has 0 aliphatic carbocycles. The topological polar surface area (TPSA) is 91.0 Å². The predicted molar refractivity (Wildman–Crippen MR) is 71.9 cm³/mol. The molecule has 0 atom stereocenters. The Morgan fingerprint density at radius 1 is 1.47 bits per heavy atom. The predicted octanol–water partition coefficient (Wildman–Crippen LogP) is 1.88. The summed E-state index contributed by atoms with van der Waals surface area (Å²) in [5.74, 6) is 0.613. The van der Waals surface area contributed by atoms with Crippen LogP contribution >= 0.6 is 0 Å². The van der Waals surface area contributed by atoms with E-state index in [1.807, 2.05) is 6.07 Å². The van der Waals surface area contributed by atoms with Gasteiger partial charge in [0.2, 0.25) is 0 Å². The number of nitrogens with zero attached hydrogens (tertiary/aromatic N) is 2. The number of nitrogens with one attached hydrogen (secondary N) is 2. The van der Waals surface area contributed by atoms with E-state index in [0.29, 0.717) is 5.92 Å². The number of piperidine rings is 1. The van der Waals surface area contributed by atoms with Crippen molar-refractivity contribution in [3.8, 4) is 6.07 Å². The number of hydrogen-bond acceptors (Lipinski definition) is 5. The molecule has 6 nitrogen and oxygen atoms in total. The highest BCUT2D eigenvalue weighted by Gasteiger charge is 2.15. The quantitative estimate of drug-likeness (QED) is 0.637. The zero-order valence-corrected chi connectivity index (χ0v) is 10.6. The van der Waals surface area contributed by atoms with Crippen LogP contribution in [0.15, 0.2) is 18.2 Å². The van der Waals surface area contributed by atoms with Crippen LogP contribution in [0.25, 0.3) is 0 Å². The van der Waals surface area contributed by atoms with Crippen LogP contribution in [0.5, 0.6) is 0 Å². The standard InChI is InChI=1S/C13H16N4O2/c14-8-11-7-12(1-2-13(11)17(18)19)16-9-10-3-5-15-6-4-10/h1-2,7,10,15-16H,3-6,9H2. The van der Waals surface area contributed by atoms with Gasteiger partial charge in [0.15, 0.2) is 0 Å². The van der Waals surface area contributed by atoms with Gasteiger partial charge in [0, 0.05) is 18.3 Å². The second kappa shape index (κ2) is 6.16. The van der Waals surface area contributed by atoms with E-state index in [1.54, 1.807) is 12.1 Å². The highest BCUT2D eigenvalue weighted by molar-refractivity contribution is 5.58. The third-order valence-electron chi connectivity index (χ3n) is 3.37. The minimum atomic E-state index is -0.533. The van der Waals surface area contributed by atoms with Gasteiger partial charge >= 0.3 is 0 Å². The number of nitro benzene ring substituents is 1. The van der Waals surface area contributed by atoms with E-state index in [1.165, 1.54) is 6.07 Å². The summed E-state index contributed by atoms with van der Waals surface area (Å²) in [6, 6.07) is 6.44. The fraction of sp³-hybridized carbons (Fsp3) is 0.462. The van der Waals surface area contributed by atoms with Gasteiger partial charge in [0.25, 0.3) is 5.69 Å². The van der Waals surface area contributed by atoms with Crippen molar-refractivity contribution in [1.82, 2.24) is 5.32 Å². The molecule has 1 fully saturated rings. The molecule has 2 rings (SSSR count). The maximum Gasteiger partial charge on any atom is 0.287 e. The first-order valence-corrected chi connectivity index (χ1v) is 6.34. The maximum atomic E-state index is 10.7. The Hall–Kier alpha value is -2.13. The van der Waals surface area contributed by atoms with Crippen molar-refractivity contribution < 1.29 is 4.92 Å². The van der Waals surface area contributed by atoms with Gasteiger partial charge < -0.3 is 10.6 Å².